The van der Waals surface area contributed by atoms with Crippen molar-refractivity contribution in [2.45, 2.75) is 32.2 Å². The van der Waals surface area contributed by atoms with E-state index in [-0.39, 0.29) is 0 Å². The molecule has 1 saturated heterocycles. The molecule has 0 atom stereocenters. The molecule has 2 heterocycles. The lowest BCUT2D eigenvalue weighted by atomic mass is 10.1. The maximum absolute atomic E-state index is 11.4. The van der Waals surface area contributed by atoms with Crippen LogP contribution in [0.25, 0.3) is 0 Å². The number of rotatable bonds is 6. The number of aryl methyl sites for hydroxylation is 1. The Bertz CT molecular complexity index is 424. The van der Waals surface area contributed by atoms with E-state index < -0.39 is 10.8 Å². The van der Waals surface area contributed by atoms with Gasteiger partial charge in [0.25, 0.3) is 0 Å². The zero-order valence-corrected chi connectivity index (χ0v) is 12.5. The smallest absolute Gasteiger partial charge is 0.203 e. The quantitative estimate of drug-likeness (QED) is 0.809. The summed E-state index contributed by atoms with van der Waals surface area (Å²) >= 11 is 0. The van der Waals surface area contributed by atoms with Gasteiger partial charge in [-0.05, 0) is 26.2 Å². The largest absolute Gasteiger partial charge is 0.385 e. The molecule has 0 spiro atoms. The fourth-order valence-electron chi connectivity index (χ4n) is 2.40. The topological polar surface area (TPSA) is 56.1 Å². The summed E-state index contributed by atoms with van der Waals surface area (Å²) in [5.41, 5.74) is 1.03. The molecule has 0 amide bonds. The monoisotopic (exact) mass is 285 g/mol. The second-order valence-corrected chi connectivity index (χ2v) is 6.66. The zero-order valence-electron chi connectivity index (χ0n) is 11.7. The number of imidazole rings is 1. The molecule has 1 fully saturated rings. The molecule has 5 nitrogen and oxygen atoms in total. The predicted octanol–water partition coefficient (Wildman–Crippen LogP) is 1.72. The number of nitrogens with one attached hydrogen (secondary N) is 1. The summed E-state index contributed by atoms with van der Waals surface area (Å²) in [6.07, 6.45) is 5.03. The predicted molar refractivity (Wildman–Crippen MR) is 78.1 cm³/mol. The van der Waals surface area contributed by atoms with E-state index in [1.54, 1.807) is 7.11 Å². The van der Waals surface area contributed by atoms with E-state index in [9.17, 15) is 4.21 Å². The summed E-state index contributed by atoms with van der Waals surface area (Å²) < 4.78 is 18.7. The molecular weight excluding hydrogens is 262 g/mol. The molecule has 0 aromatic carbocycles. The Labute approximate surface area is 117 Å². The molecule has 19 heavy (non-hydrogen) atoms. The number of methoxy groups -OCH3 is 1. The van der Waals surface area contributed by atoms with Crippen molar-refractivity contribution in [3.63, 3.8) is 0 Å². The molecule has 0 aliphatic carbocycles. The van der Waals surface area contributed by atoms with Gasteiger partial charge in [0.15, 0.2) is 0 Å². The van der Waals surface area contributed by atoms with Gasteiger partial charge in [-0.3, -0.25) is 4.21 Å². The highest BCUT2D eigenvalue weighted by Crippen LogP contribution is 2.26. The average Bonchev–Trinajstić information content (AvgIpc) is 2.77. The van der Waals surface area contributed by atoms with Crippen LogP contribution in [0, 0.1) is 6.92 Å². The first-order chi connectivity index (χ1) is 9.20. The number of nitrogens with zero attached hydrogens (tertiary/aromatic N) is 2. The van der Waals surface area contributed by atoms with Gasteiger partial charge in [-0.25, -0.2) is 4.98 Å². The first-order valence-corrected chi connectivity index (χ1v) is 8.32. The Hall–Kier alpha value is -0.880. The fraction of sp³-hybridized carbons (Fsp3) is 0.769. The molecular formula is C13H23N3O2S. The Balaban J connectivity index is 1.97. The summed E-state index contributed by atoms with van der Waals surface area (Å²) in [5, 5.41) is 3.37. The molecule has 0 saturated carbocycles. The third-order valence-electron chi connectivity index (χ3n) is 3.41. The second kappa shape index (κ2) is 7.05. The van der Waals surface area contributed by atoms with Crippen molar-refractivity contribution < 1.29 is 8.95 Å². The van der Waals surface area contributed by atoms with Crippen LogP contribution < -0.4 is 5.32 Å². The van der Waals surface area contributed by atoms with Gasteiger partial charge in [-0.1, -0.05) is 0 Å². The summed E-state index contributed by atoms with van der Waals surface area (Å²) in [5.74, 6) is 2.56. The van der Waals surface area contributed by atoms with Gasteiger partial charge in [-0.15, -0.1) is 0 Å². The van der Waals surface area contributed by atoms with Crippen molar-refractivity contribution in [1.29, 1.82) is 0 Å². The Kier molecular flexibility index (Phi) is 5.39. The maximum Gasteiger partial charge on any atom is 0.203 e. The second-order valence-electron chi connectivity index (χ2n) is 4.97. The minimum Gasteiger partial charge on any atom is -0.385 e. The maximum atomic E-state index is 11.4. The Morgan fingerprint density at radius 3 is 2.95 bits per heavy atom. The van der Waals surface area contributed by atoms with Crippen LogP contribution in [0.3, 0.4) is 0 Å². The molecule has 0 bridgehead atoms. The summed E-state index contributed by atoms with van der Waals surface area (Å²) in [4.78, 5) is 4.54. The zero-order chi connectivity index (χ0) is 13.7. The highest BCUT2D eigenvalue weighted by Gasteiger charge is 2.21. The molecule has 0 unspecified atom stereocenters. The van der Waals surface area contributed by atoms with Gasteiger partial charge < -0.3 is 14.6 Å². The van der Waals surface area contributed by atoms with E-state index in [0.29, 0.717) is 6.04 Å². The van der Waals surface area contributed by atoms with E-state index in [2.05, 4.69) is 21.1 Å². The van der Waals surface area contributed by atoms with Crippen LogP contribution in [-0.2, 0) is 15.5 Å². The molecule has 1 N–H and O–H groups in total. The van der Waals surface area contributed by atoms with Crippen LogP contribution in [-0.4, -0.2) is 45.5 Å². The molecule has 1 aliphatic rings. The molecule has 108 valence electrons. The number of hydrogen-bond donors (Lipinski definition) is 1. The van der Waals surface area contributed by atoms with Crippen molar-refractivity contribution in [3.8, 4) is 0 Å². The lowest BCUT2D eigenvalue weighted by molar-refractivity contribution is 0.197. The van der Waals surface area contributed by atoms with Crippen molar-refractivity contribution >= 4 is 16.7 Å². The third-order valence-corrected chi connectivity index (χ3v) is 4.79. The van der Waals surface area contributed by atoms with E-state index in [1.807, 2.05) is 6.92 Å². The molecule has 1 aliphatic heterocycles. The van der Waals surface area contributed by atoms with Gasteiger partial charge in [-0.2, -0.15) is 0 Å². The number of anilines is 1. The van der Waals surface area contributed by atoms with E-state index in [0.717, 1.165) is 55.6 Å². The van der Waals surface area contributed by atoms with Crippen molar-refractivity contribution in [2.24, 2.45) is 0 Å². The normalized spacial score (nSPS) is 23.5. The minimum absolute atomic E-state index is 0.434. The number of hydrogen-bond acceptors (Lipinski definition) is 4. The van der Waals surface area contributed by atoms with Crippen LogP contribution in [0.15, 0.2) is 6.20 Å². The van der Waals surface area contributed by atoms with E-state index in [1.165, 1.54) is 0 Å². The lowest BCUT2D eigenvalue weighted by Gasteiger charge is -2.24. The molecule has 1 aromatic rings. The molecule has 6 heteroatoms. The van der Waals surface area contributed by atoms with Crippen molar-refractivity contribution in [3.05, 3.63) is 11.9 Å². The van der Waals surface area contributed by atoms with Crippen molar-refractivity contribution in [1.82, 2.24) is 9.55 Å². The first-order valence-electron chi connectivity index (χ1n) is 6.84. The molecule has 0 radical (unpaired) electrons. The fourth-order valence-corrected chi connectivity index (χ4v) is 3.68. The SMILES string of the molecule is COCCCNc1nc(C)cn1C1CCS(=O)CC1. The summed E-state index contributed by atoms with van der Waals surface area (Å²) in [6, 6.07) is 0.434. The summed E-state index contributed by atoms with van der Waals surface area (Å²) in [6.45, 7) is 3.63. The van der Waals surface area contributed by atoms with Gasteiger partial charge >= 0.3 is 0 Å². The van der Waals surface area contributed by atoms with Crippen LogP contribution in [0.1, 0.15) is 31.0 Å². The van der Waals surface area contributed by atoms with Gasteiger partial charge in [0.05, 0.1) is 5.69 Å². The first kappa shape index (κ1) is 14.5. The lowest BCUT2D eigenvalue weighted by Crippen LogP contribution is -2.23. The molecule has 2 rings (SSSR count). The Morgan fingerprint density at radius 1 is 1.53 bits per heavy atom. The number of ether oxygens (including phenoxy) is 1. The van der Waals surface area contributed by atoms with E-state index >= 15 is 0 Å². The van der Waals surface area contributed by atoms with Gasteiger partial charge in [0.1, 0.15) is 0 Å². The van der Waals surface area contributed by atoms with Gasteiger partial charge in [0, 0.05) is 54.8 Å². The standard InChI is InChI=1S/C13H23N3O2S/c1-11-10-16(12-4-8-19(17)9-5-12)13(15-11)14-6-3-7-18-2/h10,12H,3-9H2,1-2H3,(H,14,15). The summed E-state index contributed by atoms with van der Waals surface area (Å²) in [7, 11) is 1.10. The third kappa shape index (κ3) is 4.04. The minimum atomic E-state index is -0.613. The van der Waals surface area contributed by atoms with Crippen LogP contribution in [0.5, 0.6) is 0 Å². The number of aromatic nitrogens is 2. The highest BCUT2D eigenvalue weighted by atomic mass is 32.2. The van der Waals surface area contributed by atoms with Crippen LogP contribution >= 0.6 is 0 Å². The highest BCUT2D eigenvalue weighted by molar-refractivity contribution is 7.85. The van der Waals surface area contributed by atoms with Gasteiger partial charge in [0.2, 0.25) is 5.95 Å². The van der Waals surface area contributed by atoms with Crippen LogP contribution in [0.2, 0.25) is 0 Å². The van der Waals surface area contributed by atoms with Crippen molar-refractivity contribution in [2.75, 3.05) is 37.1 Å². The average molecular weight is 285 g/mol. The van der Waals surface area contributed by atoms with Crippen LogP contribution in [0.4, 0.5) is 5.95 Å². The van der Waals surface area contributed by atoms with E-state index in [4.69, 9.17) is 4.74 Å². The molecule has 1 aromatic heterocycles. The Morgan fingerprint density at radius 2 is 2.26 bits per heavy atom.